The topological polar surface area (TPSA) is 116 Å². The van der Waals surface area contributed by atoms with Crippen molar-refractivity contribution in [2.45, 2.75) is 12.5 Å². The van der Waals surface area contributed by atoms with Crippen LogP contribution in [0.4, 0.5) is 5.69 Å². The van der Waals surface area contributed by atoms with Crippen LogP contribution in [0.1, 0.15) is 12.0 Å². The highest BCUT2D eigenvalue weighted by Crippen LogP contribution is 2.13. The van der Waals surface area contributed by atoms with Gasteiger partial charge in [-0.05, 0) is 6.07 Å². The second kappa shape index (κ2) is 5.64. The smallest absolute Gasteiger partial charge is 0.326 e. The molecule has 6 heteroatoms. The van der Waals surface area contributed by atoms with Crippen molar-refractivity contribution in [3.63, 3.8) is 0 Å². The Balaban J connectivity index is 2.81. The summed E-state index contributed by atoms with van der Waals surface area (Å²) in [6.07, 6.45) is 0.197. The average molecular weight is 235 g/mol. The molecule has 0 radical (unpaired) electrons. The molecule has 0 saturated heterocycles. The number of rotatable bonds is 6. The third-order valence-electron chi connectivity index (χ3n) is 2.26. The van der Waals surface area contributed by atoms with Crippen LogP contribution < -0.4 is 11.1 Å². The van der Waals surface area contributed by atoms with Gasteiger partial charge in [0.1, 0.15) is 6.04 Å². The lowest BCUT2D eigenvalue weighted by Crippen LogP contribution is -2.37. The molecule has 5 N–H and O–H groups in total. The summed E-state index contributed by atoms with van der Waals surface area (Å²) in [6.45, 7) is 0. The summed E-state index contributed by atoms with van der Waals surface area (Å²) in [5.74, 6) is -1.18. The average Bonchev–Trinajstić information content (AvgIpc) is 2.28. The normalized spacial score (nSPS) is 11.5. The molecular weight excluding hydrogens is 222 g/mol. The van der Waals surface area contributed by atoms with E-state index in [0.717, 1.165) is 0 Å². The number of hydrogen-bond acceptors (Lipinski definition) is 4. The zero-order valence-corrected chi connectivity index (χ0v) is 9.01. The molecule has 0 spiro atoms. The van der Waals surface area contributed by atoms with Crippen LogP contribution >= 0.6 is 0 Å². The fourth-order valence-corrected chi connectivity index (χ4v) is 1.39. The molecular formula is C11H13N3O3. The van der Waals surface area contributed by atoms with E-state index in [4.69, 9.17) is 16.2 Å². The second-order valence-electron chi connectivity index (χ2n) is 3.45. The molecule has 0 bridgehead atoms. The van der Waals surface area contributed by atoms with E-state index in [1.54, 1.807) is 24.3 Å². The Labute approximate surface area is 97.9 Å². The monoisotopic (exact) mass is 235 g/mol. The van der Waals surface area contributed by atoms with Crippen LogP contribution in [0.25, 0.3) is 0 Å². The van der Waals surface area contributed by atoms with Gasteiger partial charge in [-0.15, -0.1) is 0 Å². The number of carboxylic acid groups (broad SMARTS) is 1. The Hall–Kier alpha value is -2.37. The summed E-state index contributed by atoms with van der Waals surface area (Å²) in [6, 6.07) is 5.59. The maximum atomic E-state index is 10.8. The van der Waals surface area contributed by atoms with Crippen molar-refractivity contribution in [1.82, 2.24) is 5.32 Å². The maximum absolute atomic E-state index is 10.8. The van der Waals surface area contributed by atoms with E-state index in [9.17, 15) is 9.59 Å². The molecule has 1 atom stereocenters. The number of nitrogens with one attached hydrogen (secondary N) is 2. The van der Waals surface area contributed by atoms with Crippen LogP contribution in [0, 0.1) is 5.41 Å². The van der Waals surface area contributed by atoms with Gasteiger partial charge in [0.15, 0.2) is 0 Å². The van der Waals surface area contributed by atoms with Crippen LogP contribution in [0.15, 0.2) is 24.3 Å². The Bertz CT molecular complexity index is 445. The molecule has 1 aromatic carbocycles. The lowest BCUT2D eigenvalue weighted by atomic mass is 10.0. The van der Waals surface area contributed by atoms with E-state index in [-0.39, 0.29) is 12.1 Å². The van der Waals surface area contributed by atoms with Crippen molar-refractivity contribution in [1.29, 1.82) is 5.41 Å². The van der Waals surface area contributed by atoms with E-state index in [1.165, 1.54) is 0 Å². The largest absolute Gasteiger partial charge is 0.480 e. The Morgan fingerprint density at radius 3 is 2.71 bits per heavy atom. The highest BCUT2D eigenvalue weighted by molar-refractivity contribution is 6.04. The molecule has 1 aromatic rings. The van der Waals surface area contributed by atoms with E-state index >= 15 is 0 Å². The van der Waals surface area contributed by atoms with Gasteiger partial charge < -0.3 is 21.6 Å². The van der Waals surface area contributed by atoms with Crippen molar-refractivity contribution in [3.05, 3.63) is 29.8 Å². The number of nitrogens with two attached hydrogens (primary N) is 1. The van der Waals surface area contributed by atoms with Gasteiger partial charge in [-0.3, -0.25) is 4.79 Å². The van der Waals surface area contributed by atoms with E-state index in [1.807, 2.05) is 0 Å². The number of anilines is 1. The van der Waals surface area contributed by atoms with Crippen molar-refractivity contribution in [2.24, 2.45) is 0 Å². The summed E-state index contributed by atoms with van der Waals surface area (Å²) in [5, 5.41) is 18.7. The van der Waals surface area contributed by atoms with Crippen LogP contribution in [0.5, 0.6) is 0 Å². The lowest BCUT2D eigenvalue weighted by molar-refractivity contribution is -0.140. The SMILES string of the molecule is N=C(C[C@H](NC=O)C(=O)O)c1ccccc1N. The fraction of sp³-hybridized carbons (Fsp3) is 0.182. The van der Waals surface area contributed by atoms with Gasteiger partial charge in [-0.25, -0.2) is 4.79 Å². The van der Waals surface area contributed by atoms with Gasteiger partial charge in [-0.2, -0.15) is 0 Å². The third-order valence-corrected chi connectivity index (χ3v) is 2.26. The van der Waals surface area contributed by atoms with Gasteiger partial charge >= 0.3 is 5.97 Å². The minimum atomic E-state index is -1.18. The van der Waals surface area contributed by atoms with Crippen molar-refractivity contribution >= 4 is 23.8 Å². The van der Waals surface area contributed by atoms with Gasteiger partial charge in [0, 0.05) is 23.4 Å². The third kappa shape index (κ3) is 3.30. The number of aliphatic carboxylic acids is 1. The fourth-order valence-electron chi connectivity index (χ4n) is 1.39. The highest BCUT2D eigenvalue weighted by Gasteiger charge is 2.19. The Morgan fingerprint density at radius 1 is 1.53 bits per heavy atom. The Morgan fingerprint density at radius 2 is 2.18 bits per heavy atom. The number of nitrogen functional groups attached to an aromatic ring is 1. The molecule has 1 rings (SSSR count). The van der Waals surface area contributed by atoms with Crippen LogP contribution in [-0.4, -0.2) is 29.2 Å². The molecule has 0 aliphatic carbocycles. The van der Waals surface area contributed by atoms with E-state index in [2.05, 4.69) is 5.32 Å². The number of carboxylic acids is 1. The first-order chi connectivity index (χ1) is 8.06. The van der Waals surface area contributed by atoms with Crippen molar-refractivity contribution in [3.8, 4) is 0 Å². The standard InChI is InChI=1S/C11H13N3O3/c12-8-4-2-1-3-7(8)9(13)5-10(11(16)17)14-6-15/h1-4,6,10,13H,5,12H2,(H,14,15)(H,16,17)/t10-/m0/s1. The summed E-state index contributed by atoms with van der Waals surface area (Å²) < 4.78 is 0. The first kappa shape index (κ1) is 12.7. The molecule has 0 heterocycles. The number of benzene rings is 1. The summed E-state index contributed by atoms with van der Waals surface area (Å²) >= 11 is 0. The zero-order valence-electron chi connectivity index (χ0n) is 9.01. The molecule has 0 fully saturated rings. The molecule has 1 amide bonds. The minimum Gasteiger partial charge on any atom is -0.480 e. The van der Waals surface area contributed by atoms with Crippen LogP contribution in [0.2, 0.25) is 0 Å². The number of carbonyl (C=O) groups is 2. The number of hydrogen-bond donors (Lipinski definition) is 4. The van der Waals surface area contributed by atoms with E-state index < -0.39 is 12.0 Å². The lowest BCUT2D eigenvalue weighted by Gasteiger charge is -2.13. The van der Waals surface area contributed by atoms with Crippen LogP contribution in [-0.2, 0) is 9.59 Å². The molecule has 0 aliphatic heterocycles. The number of para-hydroxylation sites is 1. The van der Waals surface area contributed by atoms with Gasteiger partial charge in [0.05, 0.1) is 0 Å². The Kier molecular flexibility index (Phi) is 4.21. The first-order valence-electron chi connectivity index (χ1n) is 4.91. The van der Waals surface area contributed by atoms with Crippen molar-refractivity contribution in [2.75, 3.05) is 5.73 Å². The molecule has 6 nitrogen and oxygen atoms in total. The predicted molar refractivity (Wildman–Crippen MR) is 62.9 cm³/mol. The summed E-state index contributed by atoms with van der Waals surface area (Å²) in [4.78, 5) is 21.0. The minimum absolute atomic E-state index is 0.0739. The van der Waals surface area contributed by atoms with Gasteiger partial charge in [-0.1, -0.05) is 18.2 Å². The molecule has 0 saturated carbocycles. The first-order valence-corrected chi connectivity index (χ1v) is 4.91. The maximum Gasteiger partial charge on any atom is 0.326 e. The van der Waals surface area contributed by atoms with Crippen molar-refractivity contribution < 1.29 is 14.7 Å². The molecule has 90 valence electrons. The second-order valence-corrected chi connectivity index (χ2v) is 3.45. The van der Waals surface area contributed by atoms with Gasteiger partial charge in [0.25, 0.3) is 0 Å². The summed E-state index contributed by atoms with van der Waals surface area (Å²) in [5.41, 5.74) is 6.63. The molecule has 0 aliphatic rings. The summed E-state index contributed by atoms with van der Waals surface area (Å²) in [7, 11) is 0. The molecule has 17 heavy (non-hydrogen) atoms. The molecule has 0 unspecified atom stereocenters. The van der Waals surface area contributed by atoms with Crippen LogP contribution in [0.3, 0.4) is 0 Å². The number of amides is 1. The predicted octanol–water partition coefficient (Wildman–Crippen LogP) is 0.226. The molecule has 0 aromatic heterocycles. The quantitative estimate of drug-likeness (QED) is 0.320. The van der Waals surface area contributed by atoms with Gasteiger partial charge in [0.2, 0.25) is 6.41 Å². The van der Waals surface area contributed by atoms with E-state index in [0.29, 0.717) is 17.7 Å². The number of carbonyl (C=O) groups excluding carboxylic acids is 1. The highest BCUT2D eigenvalue weighted by atomic mass is 16.4. The zero-order chi connectivity index (χ0) is 12.8.